The summed E-state index contributed by atoms with van der Waals surface area (Å²) < 4.78 is 41.8. The Morgan fingerprint density at radius 2 is 1.68 bits per heavy atom. The molecule has 0 amide bonds. The number of hydrogen-bond acceptors (Lipinski definition) is 8. The molecular formula is C21H15F2N3O4S. The molecule has 0 saturated carbocycles. The molecule has 0 saturated heterocycles. The van der Waals surface area contributed by atoms with Gasteiger partial charge in [-0.3, -0.25) is 0 Å². The topological polar surface area (TPSA) is 87.3 Å². The summed E-state index contributed by atoms with van der Waals surface area (Å²) in [7, 11) is 0. The highest BCUT2D eigenvalue weighted by atomic mass is 32.1. The lowest BCUT2D eigenvalue weighted by atomic mass is 10.2. The molecule has 0 aliphatic carbocycles. The number of aryl methyl sites for hydroxylation is 1. The van der Waals surface area contributed by atoms with E-state index < -0.39 is 5.97 Å². The number of carbonyl (C=O) groups is 1. The van der Waals surface area contributed by atoms with E-state index in [4.69, 9.17) is 14.0 Å². The summed E-state index contributed by atoms with van der Waals surface area (Å²) in [5, 5.41) is 4.37. The fraction of sp³-hybridized carbons (Fsp3) is 0.143. The Balaban J connectivity index is 1.34. The van der Waals surface area contributed by atoms with E-state index in [2.05, 4.69) is 15.1 Å². The molecule has 2 aromatic carbocycles. The summed E-state index contributed by atoms with van der Waals surface area (Å²) in [6, 6.07) is 11.2. The molecule has 10 heteroatoms. The lowest BCUT2D eigenvalue weighted by molar-refractivity contribution is 0.0434. The number of hydrogen-bond donors (Lipinski definition) is 0. The van der Waals surface area contributed by atoms with Crippen molar-refractivity contribution in [1.29, 1.82) is 0 Å². The van der Waals surface area contributed by atoms with Crippen LogP contribution in [-0.2, 0) is 18.0 Å². The minimum absolute atomic E-state index is 0.106. The van der Waals surface area contributed by atoms with E-state index in [-0.39, 0.29) is 36.6 Å². The fourth-order valence-corrected chi connectivity index (χ4v) is 3.47. The molecule has 31 heavy (non-hydrogen) atoms. The van der Waals surface area contributed by atoms with Crippen LogP contribution in [0.25, 0.3) is 11.4 Å². The number of ether oxygens (including phenoxy) is 2. The van der Waals surface area contributed by atoms with Crippen molar-refractivity contribution < 1.29 is 27.6 Å². The number of nitrogens with zero attached hydrogens (tertiary/aromatic N) is 3. The largest absolute Gasteiger partial charge is 0.486 e. The fourth-order valence-electron chi connectivity index (χ4n) is 2.60. The molecule has 0 aliphatic rings. The molecule has 7 nitrogen and oxygen atoms in total. The third kappa shape index (κ3) is 5.10. The van der Waals surface area contributed by atoms with Crippen molar-refractivity contribution in [3.63, 3.8) is 0 Å². The van der Waals surface area contributed by atoms with Gasteiger partial charge in [0.1, 0.15) is 33.9 Å². The third-order valence-corrected chi connectivity index (χ3v) is 5.21. The Morgan fingerprint density at radius 1 is 1.00 bits per heavy atom. The molecule has 0 radical (unpaired) electrons. The lowest BCUT2D eigenvalue weighted by Gasteiger charge is -2.03. The summed E-state index contributed by atoms with van der Waals surface area (Å²) in [4.78, 5) is 21.2. The van der Waals surface area contributed by atoms with Crippen LogP contribution in [0.5, 0.6) is 5.75 Å². The molecule has 0 fully saturated rings. The van der Waals surface area contributed by atoms with Gasteiger partial charge < -0.3 is 14.0 Å². The molecular weight excluding hydrogens is 428 g/mol. The van der Waals surface area contributed by atoms with Gasteiger partial charge in [0, 0.05) is 5.56 Å². The average molecular weight is 443 g/mol. The zero-order chi connectivity index (χ0) is 21.8. The predicted octanol–water partition coefficient (Wildman–Crippen LogP) is 4.72. The van der Waals surface area contributed by atoms with E-state index in [1.54, 1.807) is 6.92 Å². The van der Waals surface area contributed by atoms with Crippen molar-refractivity contribution in [2.24, 2.45) is 0 Å². The quantitative estimate of drug-likeness (QED) is 0.382. The first-order valence-electron chi connectivity index (χ1n) is 9.08. The maximum atomic E-state index is 13.0. The summed E-state index contributed by atoms with van der Waals surface area (Å²) in [5.74, 6) is -0.441. The highest BCUT2D eigenvalue weighted by Crippen LogP contribution is 2.22. The monoisotopic (exact) mass is 443 g/mol. The minimum Gasteiger partial charge on any atom is -0.486 e. The van der Waals surface area contributed by atoms with Crippen molar-refractivity contribution in [3.05, 3.63) is 81.6 Å². The molecule has 0 unspecified atom stereocenters. The van der Waals surface area contributed by atoms with Gasteiger partial charge in [0.2, 0.25) is 5.82 Å². The molecule has 0 bridgehead atoms. The predicted molar refractivity (Wildman–Crippen MR) is 106 cm³/mol. The van der Waals surface area contributed by atoms with Crippen LogP contribution < -0.4 is 4.74 Å². The van der Waals surface area contributed by atoms with Crippen LogP contribution in [0.3, 0.4) is 0 Å². The van der Waals surface area contributed by atoms with Crippen LogP contribution in [0, 0.1) is 18.6 Å². The van der Waals surface area contributed by atoms with E-state index in [0.29, 0.717) is 26.9 Å². The second kappa shape index (κ2) is 9.00. The van der Waals surface area contributed by atoms with Crippen molar-refractivity contribution in [2.45, 2.75) is 20.1 Å². The highest BCUT2D eigenvalue weighted by Gasteiger charge is 2.19. The number of carbonyl (C=O) groups excluding carboxylic acids is 1. The zero-order valence-electron chi connectivity index (χ0n) is 16.2. The van der Waals surface area contributed by atoms with Gasteiger partial charge in [-0.05, 0) is 55.5 Å². The van der Waals surface area contributed by atoms with Gasteiger partial charge in [0.25, 0.3) is 5.89 Å². The van der Waals surface area contributed by atoms with Crippen molar-refractivity contribution in [2.75, 3.05) is 0 Å². The first-order valence-corrected chi connectivity index (χ1v) is 9.90. The SMILES string of the molecule is Cc1nc(COc2ccc(F)cc2)sc1C(=O)OCc1nc(-c2ccc(F)cc2)no1. The van der Waals surface area contributed by atoms with Crippen LogP contribution in [0.2, 0.25) is 0 Å². The molecule has 0 aliphatic heterocycles. The van der Waals surface area contributed by atoms with Crippen LogP contribution in [0.4, 0.5) is 8.78 Å². The van der Waals surface area contributed by atoms with E-state index in [1.807, 2.05) is 0 Å². The Kier molecular flexibility index (Phi) is 5.99. The van der Waals surface area contributed by atoms with Crippen molar-refractivity contribution in [1.82, 2.24) is 15.1 Å². The average Bonchev–Trinajstić information content (AvgIpc) is 3.39. The Morgan fingerprint density at radius 3 is 2.39 bits per heavy atom. The standard InChI is InChI=1S/C21H15F2N3O4S/c1-12-19(31-18(24-12)11-28-16-8-6-15(23)7-9-16)21(27)29-10-17-25-20(26-30-17)13-2-4-14(22)5-3-13/h2-9H,10-11H2,1H3. The third-order valence-electron chi connectivity index (χ3n) is 4.10. The first-order chi connectivity index (χ1) is 15.0. The normalized spacial score (nSPS) is 10.8. The molecule has 0 atom stereocenters. The van der Waals surface area contributed by atoms with Gasteiger partial charge in [-0.15, -0.1) is 11.3 Å². The van der Waals surface area contributed by atoms with E-state index in [0.717, 1.165) is 11.3 Å². The van der Waals surface area contributed by atoms with E-state index in [1.165, 1.54) is 48.5 Å². The van der Waals surface area contributed by atoms with E-state index in [9.17, 15) is 13.6 Å². The maximum absolute atomic E-state index is 13.0. The summed E-state index contributed by atoms with van der Waals surface area (Å²) in [5.41, 5.74) is 1.08. The number of esters is 1. The molecule has 0 spiro atoms. The number of rotatable bonds is 7. The number of halogens is 2. The molecule has 2 heterocycles. The zero-order valence-corrected chi connectivity index (χ0v) is 17.0. The molecule has 4 rings (SSSR count). The number of thiazole rings is 1. The van der Waals surface area contributed by atoms with Crippen LogP contribution >= 0.6 is 11.3 Å². The molecule has 0 N–H and O–H groups in total. The minimum atomic E-state index is -0.579. The summed E-state index contributed by atoms with van der Waals surface area (Å²) in [6.07, 6.45) is 0. The van der Waals surface area contributed by atoms with Crippen LogP contribution in [-0.4, -0.2) is 21.1 Å². The smallest absolute Gasteiger partial charge is 0.350 e. The summed E-state index contributed by atoms with van der Waals surface area (Å²) >= 11 is 1.14. The maximum Gasteiger partial charge on any atom is 0.350 e. The van der Waals surface area contributed by atoms with Gasteiger partial charge in [-0.1, -0.05) is 5.16 Å². The van der Waals surface area contributed by atoms with Gasteiger partial charge in [0.05, 0.1) is 5.69 Å². The number of aromatic nitrogens is 3. The van der Waals surface area contributed by atoms with Crippen molar-refractivity contribution >= 4 is 17.3 Å². The Bertz CT molecular complexity index is 1190. The Labute approximate surface area is 179 Å². The molecule has 158 valence electrons. The second-order valence-electron chi connectivity index (χ2n) is 6.36. The van der Waals surface area contributed by atoms with Gasteiger partial charge in [-0.25, -0.2) is 18.6 Å². The molecule has 2 aromatic heterocycles. The molecule has 4 aromatic rings. The van der Waals surface area contributed by atoms with Crippen LogP contribution in [0.15, 0.2) is 53.1 Å². The Hall–Kier alpha value is -3.66. The van der Waals surface area contributed by atoms with E-state index >= 15 is 0 Å². The summed E-state index contributed by atoms with van der Waals surface area (Å²) in [6.45, 7) is 1.61. The highest BCUT2D eigenvalue weighted by molar-refractivity contribution is 7.13. The number of benzene rings is 2. The van der Waals surface area contributed by atoms with Gasteiger partial charge in [0.15, 0.2) is 6.61 Å². The van der Waals surface area contributed by atoms with Gasteiger partial charge in [-0.2, -0.15) is 4.98 Å². The second-order valence-corrected chi connectivity index (χ2v) is 7.44. The van der Waals surface area contributed by atoms with Gasteiger partial charge >= 0.3 is 5.97 Å². The lowest BCUT2D eigenvalue weighted by Crippen LogP contribution is -2.05. The van der Waals surface area contributed by atoms with Crippen molar-refractivity contribution in [3.8, 4) is 17.1 Å². The van der Waals surface area contributed by atoms with Crippen LogP contribution in [0.1, 0.15) is 26.3 Å². The first kappa shape index (κ1) is 20.6.